The third-order valence-electron chi connectivity index (χ3n) is 8.49. The summed E-state index contributed by atoms with van der Waals surface area (Å²) in [5.74, 6) is 1.38. The second-order valence-electron chi connectivity index (χ2n) is 11.6. The Morgan fingerprint density at radius 3 is 2.16 bits per heavy atom. The quantitative estimate of drug-likeness (QED) is 0.135. The lowest BCUT2D eigenvalue weighted by atomic mass is 9.78. The molecule has 0 spiro atoms. The van der Waals surface area contributed by atoms with Crippen LogP contribution in [0.1, 0.15) is 132 Å². The average molecular weight is 516 g/mol. The average Bonchev–Trinajstić information content (AvgIpc) is 2.95. The first kappa shape index (κ1) is 29.9. The summed E-state index contributed by atoms with van der Waals surface area (Å²) < 4.78 is 5.76. The van der Waals surface area contributed by atoms with Crippen LogP contribution in [0.5, 0.6) is 5.75 Å². The van der Waals surface area contributed by atoms with Gasteiger partial charge in [0, 0.05) is 0 Å². The summed E-state index contributed by atoms with van der Waals surface area (Å²) in [6.07, 6.45) is 17.4. The number of aryl methyl sites for hydroxylation is 1. The lowest BCUT2D eigenvalue weighted by Crippen LogP contribution is -2.25. The van der Waals surface area contributed by atoms with Crippen LogP contribution >= 0.6 is 0 Å². The molecule has 1 atom stereocenters. The van der Waals surface area contributed by atoms with Crippen molar-refractivity contribution < 1.29 is 9.53 Å². The zero-order valence-electron chi connectivity index (χ0n) is 24.1. The van der Waals surface area contributed by atoms with Gasteiger partial charge in [0.25, 0.3) is 0 Å². The monoisotopic (exact) mass is 515 g/mol. The lowest BCUT2D eigenvalue weighted by Gasteiger charge is -2.27. The van der Waals surface area contributed by atoms with Gasteiger partial charge in [0.05, 0.1) is 11.5 Å². The molecule has 0 N–H and O–H groups in total. The molecule has 0 saturated heterocycles. The van der Waals surface area contributed by atoms with Crippen LogP contribution in [0.2, 0.25) is 0 Å². The van der Waals surface area contributed by atoms with Crippen LogP contribution in [0.4, 0.5) is 0 Å². The van der Waals surface area contributed by atoms with Crippen molar-refractivity contribution in [2.75, 3.05) is 0 Å². The Morgan fingerprint density at radius 2 is 1.53 bits per heavy atom. The minimum Gasteiger partial charge on any atom is -0.425 e. The minimum atomic E-state index is -0.181. The number of nitrogens with zero attached hydrogens (tertiary/aromatic N) is 1. The van der Waals surface area contributed by atoms with E-state index >= 15 is 0 Å². The van der Waals surface area contributed by atoms with Crippen LogP contribution in [0.3, 0.4) is 0 Å². The summed E-state index contributed by atoms with van der Waals surface area (Å²) in [6, 6.07) is 17.1. The van der Waals surface area contributed by atoms with Crippen molar-refractivity contribution >= 4 is 5.97 Å². The Bertz CT molecular complexity index is 1010. The summed E-state index contributed by atoms with van der Waals surface area (Å²) in [7, 11) is 0. The van der Waals surface area contributed by atoms with E-state index in [4.69, 9.17) is 4.74 Å². The van der Waals surface area contributed by atoms with E-state index in [9.17, 15) is 10.1 Å². The summed E-state index contributed by atoms with van der Waals surface area (Å²) in [4.78, 5) is 12.9. The van der Waals surface area contributed by atoms with Crippen LogP contribution in [-0.4, -0.2) is 5.97 Å². The molecule has 3 rings (SSSR count). The third-order valence-corrected chi connectivity index (χ3v) is 8.49. The molecule has 0 bridgehead atoms. The van der Waals surface area contributed by atoms with E-state index in [-0.39, 0.29) is 11.9 Å². The highest BCUT2D eigenvalue weighted by Gasteiger charge is 2.29. The molecule has 206 valence electrons. The number of carbonyl (C=O) groups excluding carboxylic acids is 1. The third kappa shape index (κ3) is 9.61. The van der Waals surface area contributed by atoms with Gasteiger partial charge in [-0.05, 0) is 85.6 Å². The predicted molar refractivity (Wildman–Crippen MR) is 157 cm³/mol. The Kier molecular flexibility index (Phi) is 12.9. The Balaban J connectivity index is 1.43. The second-order valence-corrected chi connectivity index (χ2v) is 11.6. The molecule has 0 amide bonds. The fourth-order valence-electron chi connectivity index (χ4n) is 5.70. The van der Waals surface area contributed by atoms with Gasteiger partial charge in [-0.15, -0.1) is 0 Å². The maximum absolute atomic E-state index is 12.9. The first-order valence-corrected chi connectivity index (χ1v) is 15.4. The van der Waals surface area contributed by atoms with Crippen molar-refractivity contribution in [3.05, 3.63) is 64.7 Å². The molecule has 1 saturated carbocycles. The molecule has 0 radical (unpaired) electrons. The van der Waals surface area contributed by atoms with Crippen LogP contribution < -0.4 is 4.74 Å². The number of hydrogen-bond acceptors (Lipinski definition) is 3. The van der Waals surface area contributed by atoms with E-state index in [0.29, 0.717) is 17.2 Å². The topological polar surface area (TPSA) is 50.1 Å². The molecule has 2 aromatic rings. The fourth-order valence-corrected chi connectivity index (χ4v) is 5.70. The van der Waals surface area contributed by atoms with E-state index in [1.807, 2.05) is 18.2 Å². The normalized spacial score (nSPS) is 18.1. The van der Waals surface area contributed by atoms with E-state index in [2.05, 4.69) is 51.1 Å². The molecule has 3 nitrogen and oxygen atoms in total. The van der Waals surface area contributed by atoms with Crippen molar-refractivity contribution in [1.82, 2.24) is 0 Å². The Morgan fingerprint density at radius 1 is 0.895 bits per heavy atom. The standard InChI is InChI=1S/C35H49NO2/c1-4-6-7-8-9-10-11-12-13-28-16-23-34(33(25-28)26-36)38-35(37)32-21-19-31(20-22-32)30-17-14-29(15-18-30)24-27(3)5-2/h14-18,23,25,27,31-32H,4-13,19-22,24H2,1-3H3. The van der Waals surface area contributed by atoms with Crippen LogP contribution in [0.25, 0.3) is 0 Å². The first-order valence-electron chi connectivity index (χ1n) is 15.4. The summed E-state index contributed by atoms with van der Waals surface area (Å²) in [5, 5.41) is 9.68. The first-order chi connectivity index (χ1) is 18.5. The molecule has 3 heteroatoms. The van der Waals surface area contributed by atoms with Gasteiger partial charge in [-0.2, -0.15) is 5.26 Å². The maximum Gasteiger partial charge on any atom is 0.314 e. The van der Waals surface area contributed by atoms with Crippen molar-refractivity contribution in [3.63, 3.8) is 0 Å². The molecule has 38 heavy (non-hydrogen) atoms. The van der Waals surface area contributed by atoms with E-state index in [1.54, 1.807) is 0 Å². The van der Waals surface area contributed by atoms with Crippen molar-refractivity contribution in [2.24, 2.45) is 11.8 Å². The van der Waals surface area contributed by atoms with Crippen LogP contribution in [-0.2, 0) is 17.6 Å². The number of hydrogen-bond donors (Lipinski definition) is 0. The largest absolute Gasteiger partial charge is 0.425 e. The van der Waals surface area contributed by atoms with E-state index < -0.39 is 0 Å². The maximum atomic E-state index is 12.9. The SMILES string of the molecule is CCCCCCCCCCc1ccc(OC(=O)C2CCC(c3ccc(CC(C)CC)cc3)CC2)c(C#N)c1. The van der Waals surface area contributed by atoms with Crippen molar-refractivity contribution in [2.45, 2.75) is 123 Å². The highest BCUT2D eigenvalue weighted by molar-refractivity contribution is 5.76. The number of ether oxygens (including phenoxy) is 1. The highest BCUT2D eigenvalue weighted by atomic mass is 16.5. The number of unbranched alkanes of at least 4 members (excludes halogenated alkanes) is 7. The Labute approximate surface area is 232 Å². The summed E-state index contributed by atoms with van der Waals surface area (Å²) in [5.41, 5.74) is 4.44. The number of carbonyl (C=O) groups is 1. The molecule has 0 heterocycles. The van der Waals surface area contributed by atoms with Gasteiger partial charge in [0.15, 0.2) is 0 Å². The van der Waals surface area contributed by atoms with Crippen molar-refractivity contribution in [3.8, 4) is 11.8 Å². The molecular formula is C35H49NO2. The van der Waals surface area contributed by atoms with Gasteiger partial charge >= 0.3 is 5.97 Å². The zero-order valence-corrected chi connectivity index (χ0v) is 24.1. The summed E-state index contributed by atoms with van der Waals surface area (Å²) >= 11 is 0. The molecule has 1 aliphatic rings. The zero-order chi connectivity index (χ0) is 27.2. The highest BCUT2D eigenvalue weighted by Crippen LogP contribution is 2.37. The molecular weight excluding hydrogens is 466 g/mol. The van der Waals surface area contributed by atoms with Gasteiger partial charge in [0.2, 0.25) is 0 Å². The molecule has 0 aromatic heterocycles. The van der Waals surface area contributed by atoms with Gasteiger partial charge in [0.1, 0.15) is 11.8 Å². The molecule has 1 aliphatic carbocycles. The molecule has 1 unspecified atom stereocenters. The van der Waals surface area contributed by atoms with Gasteiger partial charge in [-0.25, -0.2) is 0 Å². The van der Waals surface area contributed by atoms with Crippen LogP contribution in [0.15, 0.2) is 42.5 Å². The van der Waals surface area contributed by atoms with Crippen LogP contribution in [0, 0.1) is 23.2 Å². The fraction of sp³-hybridized carbons (Fsp3) is 0.600. The predicted octanol–water partition coefficient (Wildman–Crippen LogP) is 9.71. The molecule has 0 aliphatic heterocycles. The van der Waals surface area contributed by atoms with Gasteiger partial charge in [-0.3, -0.25) is 4.79 Å². The number of nitriles is 1. The number of esters is 1. The van der Waals surface area contributed by atoms with Gasteiger partial charge < -0.3 is 4.74 Å². The molecule has 1 fully saturated rings. The smallest absolute Gasteiger partial charge is 0.314 e. The lowest BCUT2D eigenvalue weighted by molar-refractivity contribution is -0.140. The number of rotatable bonds is 15. The summed E-state index contributed by atoms with van der Waals surface area (Å²) in [6.45, 7) is 6.81. The van der Waals surface area contributed by atoms with Gasteiger partial charge in [-0.1, -0.05) is 102 Å². The minimum absolute atomic E-state index is 0.0838. The van der Waals surface area contributed by atoms with Crippen molar-refractivity contribution in [1.29, 1.82) is 5.26 Å². The Hall–Kier alpha value is -2.60. The second kappa shape index (κ2) is 16.4. The number of benzene rings is 2. The van der Waals surface area contributed by atoms with E-state index in [1.165, 1.54) is 62.5 Å². The van der Waals surface area contributed by atoms with E-state index in [0.717, 1.165) is 56.4 Å². The molecule has 2 aromatic carbocycles.